The number of amides is 2. The van der Waals surface area contributed by atoms with E-state index in [0.717, 1.165) is 60.9 Å². The van der Waals surface area contributed by atoms with Crippen LogP contribution in [0, 0.1) is 5.92 Å². The maximum Gasteiger partial charge on any atom is 0.405 e. The van der Waals surface area contributed by atoms with Crippen molar-refractivity contribution in [1.82, 2.24) is 16.0 Å². The first kappa shape index (κ1) is 30.1. The second-order valence-corrected chi connectivity index (χ2v) is 10.8. The highest BCUT2D eigenvalue weighted by Gasteiger charge is 2.49. The van der Waals surface area contributed by atoms with E-state index < -0.39 is 24.0 Å². The quantitative estimate of drug-likeness (QED) is 0.282. The van der Waals surface area contributed by atoms with Gasteiger partial charge in [0.15, 0.2) is 0 Å². The predicted molar refractivity (Wildman–Crippen MR) is 149 cm³/mol. The van der Waals surface area contributed by atoms with Crippen LogP contribution in [-0.2, 0) is 19.7 Å². The molecule has 2 amide bonds. The summed E-state index contributed by atoms with van der Waals surface area (Å²) < 4.78 is 44.5. The van der Waals surface area contributed by atoms with Crippen molar-refractivity contribution in [2.24, 2.45) is 5.92 Å². The smallest absolute Gasteiger partial charge is 0.381 e. The topological polar surface area (TPSA) is 79.5 Å². The third-order valence-corrected chi connectivity index (χ3v) is 8.01. The van der Waals surface area contributed by atoms with Gasteiger partial charge in [0.25, 0.3) is 0 Å². The van der Waals surface area contributed by atoms with Gasteiger partial charge in [-0.3, -0.25) is 9.59 Å². The first-order valence-electron chi connectivity index (χ1n) is 14.4. The molecule has 1 aliphatic heterocycles. The second kappa shape index (κ2) is 13.6. The predicted octanol–water partition coefficient (Wildman–Crippen LogP) is 5.10. The standard InChI is InChI=1S/C31H40F3N3O3/c1-2-9-23(37-28(38)22-15-19-40-20-22)14-18-35-17-8-7-16-30(29(39)36-21-31(32,33)34)26-12-5-3-10-24(26)25-11-4-6-13-27(25)30/h3-6,10-13,22-23,35H,2,7-9,14-21H2,1H3,(H,36,39)(H,37,38). The lowest BCUT2D eigenvalue weighted by Crippen LogP contribution is -2.47. The highest BCUT2D eigenvalue weighted by atomic mass is 19.4. The summed E-state index contributed by atoms with van der Waals surface area (Å²) >= 11 is 0. The maximum absolute atomic E-state index is 13.6. The van der Waals surface area contributed by atoms with Crippen LogP contribution in [0.15, 0.2) is 48.5 Å². The lowest BCUT2D eigenvalue weighted by atomic mass is 9.73. The van der Waals surface area contributed by atoms with Gasteiger partial charge in [-0.1, -0.05) is 68.3 Å². The molecular formula is C31H40F3N3O3. The summed E-state index contributed by atoms with van der Waals surface area (Å²) in [7, 11) is 0. The fourth-order valence-corrected chi connectivity index (χ4v) is 6.02. The fraction of sp³-hybridized carbons (Fsp3) is 0.548. The van der Waals surface area contributed by atoms with E-state index in [0.29, 0.717) is 32.6 Å². The van der Waals surface area contributed by atoms with E-state index >= 15 is 0 Å². The summed E-state index contributed by atoms with van der Waals surface area (Å²) in [5.41, 5.74) is 2.14. The SMILES string of the molecule is CCCC(CCNCCCCC1(C(=O)NCC(F)(F)F)c2ccccc2-c2ccccc21)NC(=O)C1CCOC1. The third-order valence-electron chi connectivity index (χ3n) is 8.01. The van der Waals surface area contributed by atoms with Gasteiger partial charge in [0.05, 0.1) is 12.5 Å². The summed E-state index contributed by atoms with van der Waals surface area (Å²) in [5, 5.41) is 8.80. The molecule has 1 heterocycles. The molecule has 0 aromatic heterocycles. The number of carbonyl (C=O) groups is 2. The number of benzene rings is 2. The Hall–Kier alpha value is -2.91. The number of hydrogen-bond acceptors (Lipinski definition) is 4. The minimum absolute atomic E-state index is 0.0567. The van der Waals surface area contributed by atoms with Crippen molar-refractivity contribution in [2.75, 3.05) is 32.8 Å². The van der Waals surface area contributed by atoms with Gasteiger partial charge in [0.1, 0.15) is 12.0 Å². The van der Waals surface area contributed by atoms with Crippen molar-refractivity contribution in [1.29, 1.82) is 0 Å². The van der Waals surface area contributed by atoms with Gasteiger partial charge in [-0.05, 0) is 67.4 Å². The number of alkyl halides is 3. The summed E-state index contributed by atoms with van der Waals surface area (Å²) in [6.45, 7) is 3.34. The van der Waals surface area contributed by atoms with Crippen LogP contribution in [0.3, 0.4) is 0 Å². The van der Waals surface area contributed by atoms with Crippen LogP contribution in [0.2, 0.25) is 0 Å². The second-order valence-electron chi connectivity index (χ2n) is 10.8. The number of rotatable bonds is 14. The molecule has 2 unspecified atom stereocenters. The number of fused-ring (bicyclic) bond motifs is 3. The molecule has 2 aromatic rings. The Morgan fingerprint density at radius 1 is 1.00 bits per heavy atom. The molecule has 0 saturated carbocycles. The van der Waals surface area contributed by atoms with E-state index in [9.17, 15) is 22.8 Å². The highest BCUT2D eigenvalue weighted by Crippen LogP contribution is 2.51. The van der Waals surface area contributed by atoms with Gasteiger partial charge in [0, 0.05) is 12.6 Å². The summed E-state index contributed by atoms with van der Waals surface area (Å²) in [6, 6.07) is 15.1. The van der Waals surface area contributed by atoms with Crippen molar-refractivity contribution in [3.8, 4) is 11.1 Å². The first-order valence-corrected chi connectivity index (χ1v) is 14.4. The Labute approximate surface area is 234 Å². The average Bonchev–Trinajstić information content (AvgIpc) is 3.57. The van der Waals surface area contributed by atoms with Crippen molar-refractivity contribution < 1.29 is 27.5 Å². The van der Waals surface area contributed by atoms with Crippen LogP contribution >= 0.6 is 0 Å². The molecule has 1 fully saturated rings. The van der Waals surface area contributed by atoms with Gasteiger partial charge in [0.2, 0.25) is 11.8 Å². The summed E-state index contributed by atoms with van der Waals surface area (Å²) in [4.78, 5) is 26.0. The lowest BCUT2D eigenvalue weighted by molar-refractivity contribution is -0.141. The molecular weight excluding hydrogens is 519 g/mol. The molecule has 1 saturated heterocycles. The Morgan fingerprint density at radius 3 is 2.27 bits per heavy atom. The molecule has 40 heavy (non-hydrogen) atoms. The zero-order valence-corrected chi connectivity index (χ0v) is 23.1. The van der Waals surface area contributed by atoms with Crippen molar-refractivity contribution in [3.05, 3.63) is 59.7 Å². The van der Waals surface area contributed by atoms with Crippen LogP contribution in [0.1, 0.15) is 63.0 Å². The number of unbranched alkanes of at least 4 members (excludes halogenated alkanes) is 1. The molecule has 0 bridgehead atoms. The minimum Gasteiger partial charge on any atom is -0.381 e. The van der Waals surface area contributed by atoms with Crippen LogP contribution in [0.5, 0.6) is 0 Å². The Balaban J connectivity index is 1.35. The van der Waals surface area contributed by atoms with E-state index in [-0.39, 0.29) is 17.9 Å². The van der Waals surface area contributed by atoms with E-state index in [1.165, 1.54) is 0 Å². The molecule has 0 radical (unpaired) electrons. The normalized spacial score (nSPS) is 18.1. The molecule has 2 aliphatic rings. The summed E-state index contributed by atoms with van der Waals surface area (Å²) in [6.07, 6.45) is 0.825. The van der Waals surface area contributed by atoms with E-state index in [4.69, 9.17) is 4.74 Å². The zero-order valence-electron chi connectivity index (χ0n) is 23.1. The Kier molecular flexibility index (Phi) is 10.2. The molecule has 9 heteroatoms. The largest absolute Gasteiger partial charge is 0.405 e. The minimum atomic E-state index is -4.49. The Morgan fingerprint density at radius 2 is 1.68 bits per heavy atom. The molecule has 2 aromatic carbocycles. The van der Waals surface area contributed by atoms with Crippen LogP contribution in [0.25, 0.3) is 11.1 Å². The molecule has 6 nitrogen and oxygen atoms in total. The van der Waals surface area contributed by atoms with Gasteiger partial charge < -0.3 is 20.7 Å². The van der Waals surface area contributed by atoms with E-state index in [1.807, 2.05) is 48.5 Å². The van der Waals surface area contributed by atoms with Gasteiger partial charge in [-0.15, -0.1) is 0 Å². The highest BCUT2D eigenvalue weighted by molar-refractivity contribution is 6.00. The Bertz CT molecular complexity index is 1100. The molecule has 0 spiro atoms. The van der Waals surface area contributed by atoms with E-state index in [1.54, 1.807) is 0 Å². The third kappa shape index (κ3) is 7.04. The number of halogens is 3. The average molecular weight is 560 g/mol. The number of nitrogens with one attached hydrogen (secondary N) is 3. The van der Waals surface area contributed by atoms with Crippen LogP contribution in [-0.4, -0.2) is 56.9 Å². The fourth-order valence-electron chi connectivity index (χ4n) is 6.02. The maximum atomic E-state index is 13.6. The molecule has 1 aliphatic carbocycles. The summed E-state index contributed by atoms with van der Waals surface area (Å²) in [5.74, 6) is -0.595. The monoisotopic (exact) mass is 559 g/mol. The van der Waals surface area contributed by atoms with Crippen LogP contribution in [0.4, 0.5) is 13.2 Å². The van der Waals surface area contributed by atoms with Gasteiger partial charge in [-0.2, -0.15) is 13.2 Å². The van der Waals surface area contributed by atoms with Crippen molar-refractivity contribution in [3.63, 3.8) is 0 Å². The lowest BCUT2D eigenvalue weighted by Gasteiger charge is -2.31. The molecule has 218 valence electrons. The first-order chi connectivity index (χ1) is 19.3. The number of carbonyl (C=O) groups excluding carboxylic acids is 2. The van der Waals surface area contributed by atoms with Crippen LogP contribution < -0.4 is 16.0 Å². The molecule has 2 atom stereocenters. The zero-order chi connectivity index (χ0) is 28.6. The number of hydrogen-bond donors (Lipinski definition) is 3. The van der Waals surface area contributed by atoms with Crippen molar-refractivity contribution in [2.45, 2.75) is 69.5 Å². The number of ether oxygens (including phenoxy) is 1. The van der Waals surface area contributed by atoms with Crippen molar-refractivity contribution >= 4 is 11.8 Å². The van der Waals surface area contributed by atoms with Gasteiger partial charge in [-0.25, -0.2) is 0 Å². The molecule has 3 N–H and O–H groups in total. The molecule has 4 rings (SSSR count). The van der Waals surface area contributed by atoms with E-state index in [2.05, 4.69) is 22.9 Å². The van der Waals surface area contributed by atoms with Gasteiger partial charge >= 0.3 is 6.18 Å².